The topological polar surface area (TPSA) is 19.0 Å². The first kappa shape index (κ1) is 12.5. The Kier molecular flexibility index (Phi) is 3.27. The summed E-state index contributed by atoms with van der Waals surface area (Å²) in [6.07, 6.45) is 10.6. The van der Waals surface area contributed by atoms with Crippen LogP contribution in [0.25, 0.3) is 10.9 Å². The Labute approximate surface area is 121 Å². The van der Waals surface area contributed by atoms with Gasteiger partial charge >= 0.3 is 0 Å². The van der Waals surface area contributed by atoms with Crippen LogP contribution in [0.5, 0.6) is 0 Å². The Balaban J connectivity index is 1.59. The SMILES string of the molecule is c1ccc2c(C3CCC4CCCCN4CC3)c[nH]c2c1. The lowest BCUT2D eigenvalue weighted by Gasteiger charge is -2.33. The standard InChI is InChI=1S/C18H24N2/c1-2-7-18-16(6-1)17(13-19-18)14-8-9-15-5-3-4-11-20(15)12-10-14/h1-2,6-7,13-15,19H,3-5,8-12H2. The van der Waals surface area contributed by atoms with Crippen molar-refractivity contribution in [1.82, 2.24) is 9.88 Å². The minimum atomic E-state index is 0.747. The van der Waals surface area contributed by atoms with Gasteiger partial charge in [-0.05, 0) is 62.7 Å². The van der Waals surface area contributed by atoms with E-state index < -0.39 is 0 Å². The first-order valence-corrected chi connectivity index (χ1v) is 8.22. The third-order valence-electron chi connectivity index (χ3n) is 5.42. The molecule has 1 aromatic carbocycles. The van der Waals surface area contributed by atoms with E-state index in [1.165, 1.54) is 62.5 Å². The Hall–Kier alpha value is -1.28. The zero-order valence-corrected chi connectivity index (χ0v) is 12.1. The minimum absolute atomic E-state index is 0.747. The van der Waals surface area contributed by atoms with E-state index in [4.69, 9.17) is 0 Å². The number of para-hydroxylation sites is 1. The predicted molar refractivity (Wildman–Crippen MR) is 84.1 cm³/mol. The molecule has 2 heteroatoms. The average Bonchev–Trinajstić information content (AvgIpc) is 2.81. The molecule has 2 fully saturated rings. The number of rotatable bonds is 1. The Morgan fingerprint density at radius 1 is 0.950 bits per heavy atom. The van der Waals surface area contributed by atoms with Gasteiger partial charge in [0.1, 0.15) is 0 Å². The van der Waals surface area contributed by atoms with Crippen molar-refractivity contribution < 1.29 is 0 Å². The quantitative estimate of drug-likeness (QED) is 0.817. The summed E-state index contributed by atoms with van der Waals surface area (Å²) in [4.78, 5) is 6.22. The zero-order chi connectivity index (χ0) is 13.4. The van der Waals surface area contributed by atoms with Gasteiger partial charge in [-0.3, -0.25) is 0 Å². The second kappa shape index (κ2) is 5.25. The van der Waals surface area contributed by atoms with Crippen LogP contribution >= 0.6 is 0 Å². The van der Waals surface area contributed by atoms with Crippen LogP contribution < -0.4 is 0 Å². The molecule has 20 heavy (non-hydrogen) atoms. The largest absolute Gasteiger partial charge is 0.361 e. The molecule has 2 atom stereocenters. The first-order chi connectivity index (χ1) is 9.92. The van der Waals surface area contributed by atoms with E-state index in [0.29, 0.717) is 0 Å². The number of nitrogens with one attached hydrogen (secondary N) is 1. The number of fused-ring (bicyclic) bond motifs is 2. The molecule has 0 aliphatic carbocycles. The van der Waals surface area contributed by atoms with Gasteiger partial charge < -0.3 is 9.88 Å². The molecule has 2 aliphatic heterocycles. The van der Waals surface area contributed by atoms with Crippen LogP contribution in [0.4, 0.5) is 0 Å². The highest BCUT2D eigenvalue weighted by molar-refractivity contribution is 5.83. The normalized spacial score (nSPS) is 28.2. The van der Waals surface area contributed by atoms with E-state index in [0.717, 1.165) is 12.0 Å². The first-order valence-electron chi connectivity index (χ1n) is 8.22. The number of H-pyrrole nitrogens is 1. The third kappa shape index (κ3) is 2.16. The number of nitrogens with zero attached hydrogens (tertiary/aromatic N) is 1. The second-order valence-corrected chi connectivity index (χ2v) is 6.54. The molecule has 0 bridgehead atoms. The molecule has 2 aromatic rings. The van der Waals surface area contributed by atoms with Crippen LogP contribution in [0.1, 0.15) is 50.0 Å². The molecule has 1 N–H and O–H groups in total. The molecule has 2 nitrogen and oxygen atoms in total. The molecule has 0 radical (unpaired) electrons. The van der Waals surface area contributed by atoms with Crippen molar-refractivity contribution in [2.75, 3.05) is 13.1 Å². The number of hydrogen-bond donors (Lipinski definition) is 1. The molecule has 3 heterocycles. The van der Waals surface area contributed by atoms with Crippen molar-refractivity contribution in [2.45, 2.75) is 50.5 Å². The lowest BCUT2D eigenvalue weighted by atomic mass is 9.90. The predicted octanol–water partition coefficient (Wildman–Crippen LogP) is 4.29. The fraction of sp³-hybridized carbons (Fsp3) is 0.556. The number of hydrogen-bond acceptors (Lipinski definition) is 1. The Bertz CT molecular complexity index is 570. The third-order valence-corrected chi connectivity index (χ3v) is 5.42. The summed E-state index contributed by atoms with van der Waals surface area (Å²) in [7, 11) is 0. The number of aromatic amines is 1. The molecule has 2 saturated heterocycles. The van der Waals surface area contributed by atoms with Gasteiger partial charge in [0.15, 0.2) is 0 Å². The lowest BCUT2D eigenvalue weighted by Crippen LogP contribution is -2.38. The van der Waals surface area contributed by atoms with Gasteiger partial charge in [0.2, 0.25) is 0 Å². The van der Waals surface area contributed by atoms with Crippen molar-refractivity contribution >= 4 is 10.9 Å². The average molecular weight is 268 g/mol. The number of piperidine rings is 1. The highest BCUT2D eigenvalue weighted by Crippen LogP contribution is 2.36. The van der Waals surface area contributed by atoms with E-state index in [-0.39, 0.29) is 0 Å². The van der Waals surface area contributed by atoms with Crippen molar-refractivity contribution in [2.24, 2.45) is 0 Å². The van der Waals surface area contributed by atoms with Gasteiger partial charge in [-0.25, -0.2) is 0 Å². The van der Waals surface area contributed by atoms with Gasteiger partial charge in [-0.15, -0.1) is 0 Å². The molecule has 2 aliphatic rings. The van der Waals surface area contributed by atoms with E-state index >= 15 is 0 Å². The molecular formula is C18H24N2. The summed E-state index contributed by atoms with van der Waals surface area (Å²) in [5, 5.41) is 1.44. The van der Waals surface area contributed by atoms with Crippen molar-refractivity contribution in [3.8, 4) is 0 Å². The Morgan fingerprint density at radius 2 is 1.90 bits per heavy atom. The van der Waals surface area contributed by atoms with Crippen LogP contribution in [0, 0.1) is 0 Å². The molecule has 0 amide bonds. The van der Waals surface area contributed by atoms with Gasteiger partial charge in [-0.1, -0.05) is 24.6 Å². The lowest BCUT2D eigenvalue weighted by molar-refractivity contribution is 0.151. The van der Waals surface area contributed by atoms with Gasteiger partial charge in [0, 0.05) is 23.1 Å². The summed E-state index contributed by atoms with van der Waals surface area (Å²) in [5.41, 5.74) is 2.85. The molecule has 2 unspecified atom stereocenters. The van der Waals surface area contributed by atoms with Crippen molar-refractivity contribution in [3.63, 3.8) is 0 Å². The van der Waals surface area contributed by atoms with Crippen LogP contribution in [0.15, 0.2) is 30.5 Å². The van der Waals surface area contributed by atoms with E-state index in [2.05, 4.69) is 40.3 Å². The van der Waals surface area contributed by atoms with Gasteiger partial charge in [0.05, 0.1) is 0 Å². The number of benzene rings is 1. The monoisotopic (exact) mass is 268 g/mol. The van der Waals surface area contributed by atoms with Crippen LogP contribution in [0.3, 0.4) is 0 Å². The molecule has 0 spiro atoms. The van der Waals surface area contributed by atoms with Crippen molar-refractivity contribution in [3.05, 3.63) is 36.0 Å². The number of aromatic nitrogens is 1. The van der Waals surface area contributed by atoms with Crippen LogP contribution in [-0.4, -0.2) is 29.0 Å². The van der Waals surface area contributed by atoms with E-state index in [9.17, 15) is 0 Å². The molecule has 4 rings (SSSR count). The second-order valence-electron chi connectivity index (χ2n) is 6.54. The maximum Gasteiger partial charge on any atom is 0.0456 e. The molecule has 106 valence electrons. The smallest absolute Gasteiger partial charge is 0.0456 e. The van der Waals surface area contributed by atoms with Crippen molar-refractivity contribution in [1.29, 1.82) is 0 Å². The van der Waals surface area contributed by atoms with Gasteiger partial charge in [0.25, 0.3) is 0 Å². The maximum atomic E-state index is 3.46. The fourth-order valence-corrected chi connectivity index (χ4v) is 4.28. The van der Waals surface area contributed by atoms with E-state index in [1.54, 1.807) is 5.56 Å². The molecular weight excluding hydrogens is 244 g/mol. The summed E-state index contributed by atoms with van der Waals surface area (Å²) in [5.74, 6) is 0.747. The van der Waals surface area contributed by atoms with Crippen LogP contribution in [0.2, 0.25) is 0 Å². The summed E-state index contributed by atoms with van der Waals surface area (Å²) in [6.45, 7) is 2.64. The summed E-state index contributed by atoms with van der Waals surface area (Å²) >= 11 is 0. The Morgan fingerprint density at radius 3 is 2.90 bits per heavy atom. The minimum Gasteiger partial charge on any atom is -0.361 e. The molecule has 1 aromatic heterocycles. The highest BCUT2D eigenvalue weighted by Gasteiger charge is 2.28. The highest BCUT2D eigenvalue weighted by atomic mass is 15.2. The summed E-state index contributed by atoms with van der Waals surface area (Å²) in [6, 6.07) is 9.63. The zero-order valence-electron chi connectivity index (χ0n) is 12.1. The maximum absolute atomic E-state index is 3.46. The van der Waals surface area contributed by atoms with E-state index in [1.807, 2.05) is 0 Å². The fourth-order valence-electron chi connectivity index (χ4n) is 4.28. The summed E-state index contributed by atoms with van der Waals surface area (Å²) < 4.78 is 0. The van der Waals surface area contributed by atoms with Gasteiger partial charge in [-0.2, -0.15) is 0 Å². The van der Waals surface area contributed by atoms with Crippen LogP contribution in [-0.2, 0) is 0 Å². The molecule has 0 saturated carbocycles.